The summed E-state index contributed by atoms with van der Waals surface area (Å²) in [6.07, 6.45) is 48.9. The second-order valence-corrected chi connectivity index (χ2v) is 34.3. The summed E-state index contributed by atoms with van der Waals surface area (Å²) in [4.78, 5) is 54.0. The molecule has 0 radical (unpaired) electrons. The Kier molecular flexibility index (Phi) is 29.1. The van der Waals surface area contributed by atoms with Crippen LogP contribution in [0.5, 0.6) is 0 Å². The zero-order chi connectivity index (χ0) is 77.1. The number of nitro benzene ring substituents is 1. The molecule has 0 aliphatic rings. The first-order valence-corrected chi connectivity index (χ1v) is 45.1. The highest BCUT2D eigenvalue weighted by Gasteiger charge is 2.30. The van der Waals surface area contributed by atoms with Gasteiger partial charge in [0, 0.05) is 79.4 Å². The summed E-state index contributed by atoms with van der Waals surface area (Å²) >= 11 is 0. The maximum atomic E-state index is 15.5. The van der Waals surface area contributed by atoms with Gasteiger partial charge in [-0.2, -0.15) is 17.1 Å². The summed E-state index contributed by atoms with van der Waals surface area (Å²) in [5, 5.41) is 24.7. The number of non-ortho nitro benzene ring substituents is 1. The van der Waals surface area contributed by atoms with E-state index in [4.69, 9.17) is 15.7 Å². The molecule has 0 fully saturated rings. The van der Waals surface area contributed by atoms with Crippen LogP contribution >= 0.6 is 0 Å². The van der Waals surface area contributed by atoms with Crippen molar-refractivity contribution in [2.45, 2.75) is 296 Å². The van der Waals surface area contributed by atoms with Crippen LogP contribution in [0.15, 0.2) is 116 Å². The number of nitrogen functional groups attached to an aromatic ring is 1. The number of unbranched alkanes of at least 4 members (excludes halogenated alkanes) is 36. The molecule has 4 heterocycles. The van der Waals surface area contributed by atoms with E-state index in [9.17, 15) is 18.5 Å². The van der Waals surface area contributed by atoms with Crippen molar-refractivity contribution in [1.29, 1.82) is 0 Å². The van der Waals surface area contributed by atoms with Crippen LogP contribution in [-0.2, 0) is 26.9 Å². The molecule has 0 unspecified atom stereocenters. The molecule has 18 heteroatoms. The molecular formula is C92H118N8O8S2. The fourth-order valence-electron chi connectivity index (χ4n) is 17.8. The fourth-order valence-corrected chi connectivity index (χ4v) is 19.8. The maximum Gasteiger partial charge on any atom is 0.311 e. The Morgan fingerprint density at radius 2 is 0.764 bits per heavy atom. The van der Waals surface area contributed by atoms with Gasteiger partial charge in [0.25, 0.3) is 16.8 Å². The van der Waals surface area contributed by atoms with Crippen LogP contribution in [0.2, 0.25) is 0 Å². The first-order chi connectivity index (χ1) is 53.7. The molecule has 0 saturated carbocycles. The molecule has 0 saturated heterocycles. The molecule has 2 N–H and O–H groups in total. The smallest absolute Gasteiger partial charge is 0.311 e. The molecule has 0 aliphatic carbocycles. The van der Waals surface area contributed by atoms with Crippen LogP contribution in [0.3, 0.4) is 0 Å². The Morgan fingerprint density at radius 3 is 1.18 bits per heavy atom. The van der Waals surface area contributed by atoms with Crippen LogP contribution in [-0.4, -0.2) is 64.5 Å². The van der Waals surface area contributed by atoms with Crippen molar-refractivity contribution in [2.75, 3.05) is 25.4 Å². The van der Waals surface area contributed by atoms with Gasteiger partial charge in [0.2, 0.25) is 10.0 Å². The topological polar surface area (TPSA) is 222 Å². The molecule has 0 atom stereocenters. The predicted molar refractivity (Wildman–Crippen MR) is 462 cm³/mol. The zero-order valence-corrected chi connectivity index (χ0v) is 67.8. The van der Waals surface area contributed by atoms with E-state index in [2.05, 4.69) is 50.3 Å². The van der Waals surface area contributed by atoms with E-state index in [-0.39, 0.29) is 26.6 Å². The van der Waals surface area contributed by atoms with E-state index >= 15 is 18.0 Å². The number of nitrogens with zero attached hydrogens (tertiary/aromatic N) is 7. The van der Waals surface area contributed by atoms with Gasteiger partial charge in [-0.15, -0.1) is 0 Å². The summed E-state index contributed by atoms with van der Waals surface area (Å²) in [5.41, 5.74) is 10.6. The number of fused-ring (bicyclic) bond motifs is 8. The van der Waals surface area contributed by atoms with E-state index in [0.29, 0.717) is 80.2 Å². The van der Waals surface area contributed by atoms with Crippen molar-refractivity contribution in [3.8, 4) is 0 Å². The van der Waals surface area contributed by atoms with Gasteiger partial charge in [-0.1, -0.05) is 289 Å². The average Bonchev–Trinajstić information content (AvgIpc) is 0.681. The van der Waals surface area contributed by atoms with E-state index in [1.165, 1.54) is 192 Å². The summed E-state index contributed by atoms with van der Waals surface area (Å²) in [5.74, 6) is 0. The lowest BCUT2D eigenvalue weighted by Gasteiger charge is -2.24. The minimum absolute atomic E-state index is 0.0667. The third-order valence-corrected chi connectivity index (χ3v) is 26.0. The first-order valence-electron chi connectivity index (χ1n) is 42.7. The number of sulfonamides is 1. The van der Waals surface area contributed by atoms with Crippen molar-refractivity contribution < 1.29 is 21.8 Å². The molecule has 9 aromatic carbocycles. The Morgan fingerprint density at radius 1 is 0.409 bits per heavy atom. The third-order valence-electron chi connectivity index (χ3n) is 23.7. The van der Waals surface area contributed by atoms with Gasteiger partial charge < -0.3 is 5.73 Å². The second-order valence-electron chi connectivity index (χ2n) is 31.7. The Balaban J connectivity index is 0.000000631. The van der Waals surface area contributed by atoms with Crippen molar-refractivity contribution in [3.63, 3.8) is 0 Å². The van der Waals surface area contributed by atoms with Gasteiger partial charge in [-0.3, -0.25) is 28.5 Å². The molecule has 0 amide bonds. The highest BCUT2D eigenvalue weighted by atomic mass is 32.2. The lowest BCUT2D eigenvalue weighted by molar-refractivity contribution is -0.384. The SMILES string of the molecule is CCCCCCCCCCCCN=S(=O)=O.CCCCCCCCCCCCc1ccc2nc3c4ccc5c6ccc7c(=O)n8c9cc(N)cc%10c(S(=O)(=O)N(CCCCCCCCCCCC)CCCCCCCCCCCC)ccc(nc8c8ccc(c%11ccc(c(=O)n3c3cc([N+](=O)[O-])cc1c23)c4c5%11)c6c78)c%109. The second kappa shape index (κ2) is 39.3. The third kappa shape index (κ3) is 18.3. The fraction of sp³-hybridized carbons (Fsp3) is 0.522. The number of nitro groups is 1. The van der Waals surface area contributed by atoms with Crippen molar-refractivity contribution in [3.05, 3.63) is 133 Å². The van der Waals surface area contributed by atoms with Crippen molar-refractivity contribution >= 4 is 151 Å². The molecular weight excluding hydrogens is 1410 g/mol. The monoisotopic (exact) mass is 1530 g/mol. The quantitative estimate of drug-likeness (QED) is 0.00943. The van der Waals surface area contributed by atoms with E-state index < -0.39 is 20.5 Å². The number of pyridine rings is 2. The number of anilines is 1. The molecule has 0 spiro atoms. The molecule has 16 nitrogen and oxygen atoms in total. The lowest BCUT2D eigenvalue weighted by Crippen LogP contribution is -2.33. The van der Waals surface area contributed by atoms with Gasteiger partial charge in [-0.05, 0) is 130 Å². The lowest BCUT2D eigenvalue weighted by atomic mass is 9.86. The molecule has 0 bridgehead atoms. The minimum Gasteiger partial charge on any atom is -0.399 e. The van der Waals surface area contributed by atoms with E-state index in [1.54, 1.807) is 43.4 Å². The summed E-state index contributed by atoms with van der Waals surface area (Å²) in [6, 6.07) is 30.3. The van der Waals surface area contributed by atoms with E-state index in [1.807, 2.05) is 42.5 Å². The number of benzene rings is 9. The average molecular weight is 1530 g/mol. The number of hydrogen-bond acceptors (Lipinski definition) is 12. The predicted octanol–water partition coefficient (Wildman–Crippen LogP) is 25.3. The van der Waals surface area contributed by atoms with Crippen molar-refractivity contribution in [2.24, 2.45) is 4.36 Å². The van der Waals surface area contributed by atoms with Crippen LogP contribution < -0.4 is 16.9 Å². The number of aryl methyl sites for hydroxylation is 1. The van der Waals surface area contributed by atoms with Crippen LogP contribution in [0.4, 0.5) is 11.4 Å². The minimum atomic E-state index is -4.02. The molecule has 586 valence electrons. The van der Waals surface area contributed by atoms with Gasteiger partial charge in [-0.25, -0.2) is 18.4 Å². The van der Waals surface area contributed by atoms with Crippen molar-refractivity contribution in [1.82, 2.24) is 23.1 Å². The van der Waals surface area contributed by atoms with Crippen LogP contribution in [0.1, 0.15) is 290 Å². The molecule has 13 aromatic rings. The number of aromatic nitrogens is 4. The van der Waals surface area contributed by atoms with E-state index in [0.717, 1.165) is 147 Å². The van der Waals surface area contributed by atoms with Crippen LogP contribution in [0.25, 0.3) is 120 Å². The van der Waals surface area contributed by atoms with Gasteiger partial charge in [0.05, 0.1) is 38.4 Å². The normalized spacial score (nSPS) is 12.4. The Labute approximate surface area is 651 Å². The molecule has 0 aliphatic heterocycles. The Hall–Kier alpha value is -8.19. The number of hydrogen-bond donors (Lipinski definition) is 1. The largest absolute Gasteiger partial charge is 0.399 e. The molecule has 110 heavy (non-hydrogen) atoms. The number of nitrogens with two attached hydrogens (primary N) is 1. The molecule has 13 rings (SSSR count). The first kappa shape index (κ1) is 81.3. The highest BCUT2D eigenvalue weighted by Crippen LogP contribution is 2.47. The van der Waals surface area contributed by atoms with Gasteiger partial charge in [0.1, 0.15) is 11.3 Å². The van der Waals surface area contributed by atoms with Gasteiger partial charge >= 0.3 is 10.5 Å². The summed E-state index contributed by atoms with van der Waals surface area (Å²) in [6.45, 7) is 10.3. The molecule has 4 aromatic heterocycles. The zero-order valence-electron chi connectivity index (χ0n) is 66.1. The van der Waals surface area contributed by atoms with Crippen LogP contribution in [0, 0.1) is 10.1 Å². The summed E-state index contributed by atoms with van der Waals surface area (Å²) in [7, 11) is -6.23. The number of rotatable bonds is 47. The Bertz CT molecular complexity index is 5640. The summed E-state index contributed by atoms with van der Waals surface area (Å²) < 4.78 is 59.2. The maximum absolute atomic E-state index is 15.5. The standard InChI is InChI=1S/C80H93N7O6S.C12H25NO2S/c1-4-7-10-13-16-19-22-25-28-31-34-53-35-44-66-75-64(53)51-55(87(90)91)52-69(75)86-78(82-66)61-41-37-57-58-38-42-62-73-60(40-36-56(71(58)73)59-39-43-63(80(86)89)74(61)72(57)59)77-83-67-45-46-70(65-49-54(81)50-68(76(65)67)85(77)79(62)88)94(92,93)84(47-32-29-26-23-20-17-14-11-8-5-2)48-33-30-27-24-21-18-15-12-9-6-3;1-2-3-4-5-6-7-8-9-10-11-12-13-16(14)15/h35-46,49-52H,4-34,47-48,81H2,1-3H3;2-12H2,1H3. The van der Waals surface area contributed by atoms with Gasteiger partial charge in [0.15, 0.2) is 0 Å². The highest BCUT2D eigenvalue weighted by molar-refractivity contribution is 7.89.